The molecule has 0 saturated carbocycles. The van der Waals surface area contributed by atoms with Crippen LogP contribution in [0.3, 0.4) is 0 Å². The molecular formula is C16H21N3O6. The van der Waals surface area contributed by atoms with Crippen molar-refractivity contribution in [2.75, 3.05) is 13.2 Å². The van der Waals surface area contributed by atoms with Gasteiger partial charge in [-0.15, -0.1) is 0 Å². The molecule has 0 saturated heterocycles. The number of nitrogens with one attached hydrogen (secondary N) is 2. The number of non-ortho nitro benzene ring substituents is 1. The van der Waals surface area contributed by atoms with Crippen LogP contribution in [0.2, 0.25) is 0 Å². The topological polar surface area (TPSA) is 128 Å². The summed E-state index contributed by atoms with van der Waals surface area (Å²) in [7, 11) is 0. The summed E-state index contributed by atoms with van der Waals surface area (Å²) < 4.78 is 4.80. The van der Waals surface area contributed by atoms with Gasteiger partial charge < -0.3 is 15.4 Å². The Bertz CT molecular complexity index is 649. The highest BCUT2D eigenvalue weighted by Crippen LogP contribution is 2.11. The van der Waals surface area contributed by atoms with Crippen molar-refractivity contribution in [1.82, 2.24) is 10.6 Å². The van der Waals surface area contributed by atoms with E-state index in [0.717, 1.165) is 0 Å². The van der Waals surface area contributed by atoms with Crippen LogP contribution in [0.1, 0.15) is 37.6 Å². The minimum atomic E-state index is -0.618. The maximum Gasteiger partial charge on any atom is 0.308 e. The van der Waals surface area contributed by atoms with Gasteiger partial charge >= 0.3 is 5.97 Å². The first-order valence-electron chi connectivity index (χ1n) is 7.58. The Labute approximate surface area is 144 Å². The molecule has 0 fully saturated rings. The summed E-state index contributed by atoms with van der Waals surface area (Å²) in [6.07, 6.45) is -0.0957. The number of nitro groups is 1. The molecule has 0 heterocycles. The van der Waals surface area contributed by atoms with E-state index in [-0.39, 0.29) is 30.8 Å². The van der Waals surface area contributed by atoms with Crippen LogP contribution in [0.25, 0.3) is 0 Å². The van der Waals surface area contributed by atoms with E-state index >= 15 is 0 Å². The fourth-order valence-electron chi connectivity index (χ4n) is 1.79. The van der Waals surface area contributed by atoms with Gasteiger partial charge in [-0.1, -0.05) is 0 Å². The third-order valence-electron chi connectivity index (χ3n) is 2.83. The van der Waals surface area contributed by atoms with Gasteiger partial charge in [0.05, 0.1) is 11.3 Å². The molecule has 9 nitrogen and oxygen atoms in total. The first-order valence-corrected chi connectivity index (χ1v) is 7.58. The number of hydrogen-bond donors (Lipinski definition) is 2. The second kappa shape index (κ2) is 8.76. The van der Waals surface area contributed by atoms with Crippen LogP contribution in [-0.4, -0.2) is 41.4 Å². The van der Waals surface area contributed by atoms with Crippen molar-refractivity contribution in [1.29, 1.82) is 0 Å². The lowest BCUT2D eigenvalue weighted by atomic mass is 10.1. The van der Waals surface area contributed by atoms with Gasteiger partial charge in [0.25, 0.3) is 17.5 Å². The fraction of sp³-hybridized carbons (Fsp3) is 0.438. The van der Waals surface area contributed by atoms with Gasteiger partial charge in [-0.05, 0) is 32.9 Å². The van der Waals surface area contributed by atoms with E-state index in [1.165, 1.54) is 24.3 Å². The molecule has 0 radical (unpaired) electrons. The first kappa shape index (κ1) is 20.1. The largest absolute Gasteiger partial charge is 0.456 e. The summed E-state index contributed by atoms with van der Waals surface area (Å²) in [5.74, 6) is -1.49. The second-order valence-corrected chi connectivity index (χ2v) is 6.27. The van der Waals surface area contributed by atoms with E-state index < -0.39 is 28.2 Å². The zero-order valence-corrected chi connectivity index (χ0v) is 14.3. The zero-order valence-electron chi connectivity index (χ0n) is 14.3. The van der Waals surface area contributed by atoms with Gasteiger partial charge in [0.15, 0.2) is 6.61 Å². The molecule has 0 aliphatic carbocycles. The summed E-state index contributed by atoms with van der Waals surface area (Å²) in [4.78, 5) is 44.8. The van der Waals surface area contributed by atoms with Crippen molar-refractivity contribution < 1.29 is 24.0 Å². The summed E-state index contributed by atoms with van der Waals surface area (Å²) >= 11 is 0. The Morgan fingerprint density at radius 3 is 2.28 bits per heavy atom. The van der Waals surface area contributed by atoms with Crippen molar-refractivity contribution in [3.8, 4) is 0 Å². The van der Waals surface area contributed by atoms with Crippen LogP contribution in [0.5, 0.6) is 0 Å². The van der Waals surface area contributed by atoms with E-state index in [9.17, 15) is 24.5 Å². The quantitative estimate of drug-likeness (QED) is 0.431. The summed E-state index contributed by atoms with van der Waals surface area (Å²) in [6, 6.07) is 5.08. The van der Waals surface area contributed by atoms with E-state index in [0.29, 0.717) is 0 Å². The average molecular weight is 351 g/mol. The average Bonchev–Trinajstić information content (AvgIpc) is 2.51. The predicted octanol–water partition coefficient (Wildman–Crippen LogP) is 1.17. The number of amides is 2. The number of benzene rings is 1. The van der Waals surface area contributed by atoms with Crippen molar-refractivity contribution in [2.24, 2.45) is 0 Å². The first-order chi connectivity index (χ1) is 11.6. The van der Waals surface area contributed by atoms with E-state index in [4.69, 9.17) is 4.74 Å². The number of rotatable bonds is 7. The van der Waals surface area contributed by atoms with Crippen LogP contribution in [0.15, 0.2) is 24.3 Å². The second-order valence-electron chi connectivity index (χ2n) is 6.27. The van der Waals surface area contributed by atoms with Gasteiger partial charge in [-0.2, -0.15) is 0 Å². The summed E-state index contributed by atoms with van der Waals surface area (Å²) in [5.41, 5.74) is -0.292. The van der Waals surface area contributed by atoms with Crippen LogP contribution in [0, 0.1) is 10.1 Å². The lowest BCUT2D eigenvalue weighted by Crippen LogP contribution is -2.42. The molecular weight excluding hydrogens is 330 g/mol. The molecule has 0 spiro atoms. The van der Waals surface area contributed by atoms with Crippen LogP contribution in [-0.2, 0) is 14.3 Å². The molecule has 0 unspecified atom stereocenters. The predicted molar refractivity (Wildman–Crippen MR) is 88.9 cm³/mol. The van der Waals surface area contributed by atoms with Gasteiger partial charge in [0.1, 0.15) is 0 Å². The Balaban J connectivity index is 2.31. The molecule has 1 aromatic carbocycles. The molecule has 0 aromatic heterocycles. The number of ether oxygens (including phenoxy) is 1. The van der Waals surface area contributed by atoms with E-state index in [1.807, 2.05) is 0 Å². The highest BCUT2D eigenvalue weighted by Gasteiger charge is 2.15. The molecule has 0 bridgehead atoms. The number of carbonyl (C=O) groups is 3. The van der Waals surface area contributed by atoms with Gasteiger partial charge in [0.2, 0.25) is 0 Å². The van der Waals surface area contributed by atoms with Crippen LogP contribution < -0.4 is 10.6 Å². The Kier molecular flexibility index (Phi) is 7.04. The van der Waals surface area contributed by atoms with Crippen LogP contribution in [0.4, 0.5) is 5.69 Å². The van der Waals surface area contributed by atoms with Crippen molar-refractivity contribution in [3.63, 3.8) is 0 Å². The number of esters is 1. The van der Waals surface area contributed by atoms with Crippen LogP contribution >= 0.6 is 0 Å². The van der Waals surface area contributed by atoms with Gasteiger partial charge in [-0.25, -0.2) is 0 Å². The highest BCUT2D eigenvalue weighted by atomic mass is 16.6. The maximum absolute atomic E-state index is 11.8. The molecule has 136 valence electrons. The molecule has 9 heteroatoms. The monoisotopic (exact) mass is 351 g/mol. The lowest BCUT2D eigenvalue weighted by Gasteiger charge is -2.20. The number of nitrogens with zero attached hydrogens (tertiary/aromatic N) is 1. The lowest BCUT2D eigenvalue weighted by molar-refractivity contribution is -0.384. The third kappa shape index (κ3) is 7.91. The standard InChI is InChI=1S/C16H21N3O6/c1-16(2,3)18-13(20)10-25-14(21)8-9-17-15(22)11-4-6-12(7-5-11)19(23)24/h4-7H,8-10H2,1-3H3,(H,17,22)(H,18,20). The molecule has 25 heavy (non-hydrogen) atoms. The van der Waals surface area contributed by atoms with Crippen molar-refractivity contribution >= 4 is 23.5 Å². The molecule has 1 rings (SSSR count). The third-order valence-corrected chi connectivity index (χ3v) is 2.83. The Morgan fingerprint density at radius 2 is 1.76 bits per heavy atom. The summed E-state index contributed by atoms with van der Waals surface area (Å²) in [6.45, 7) is 5.06. The number of hydrogen-bond acceptors (Lipinski definition) is 6. The fourth-order valence-corrected chi connectivity index (χ4v) is 1.79. The molecule has 2 amide bonds. The normalized spacial score (nSPS) is 10.7. The highest BCUT2D eigenvalue weighted by molar-refractivity contribution is 5.94. The maximum atomic E-state index is 11.8. The number of nitro benzene ring substituents is 1. The Hall–Kier alpha value is -2.97. The molecule has 0 aliphatic heterocycles. The zero-order chi connectivity index (χ0) is 19.0. The van der Waals surface area contributed by atoms with Crippen molar-refractivity contribution in [2.45, 2.75) is 32.7 Å². The molecule has 0 atom stereocenters. The Morgan fingerprint density at radius 1 is 1.16 bits per heavy atom. The van der Waals surface area contributed by atoms with Gasteiger partial charge in [-0.3, -0.25) is 24.5 Å². The molecule has 1 aromatic rings. The molecule has 2 N–H and O–H groups in total. The van der Waals surface area contributed by atoms with E-state index in [2.05, 4.69) is 10.6 Å². The smallest absolute Gasteiger partial charge is 0.308 e. The van der Waals surface area contributed by atoms with E-state index in [1.54, 1.807) is 20.8 Å². The summed E-state index contributed by atoms with van der Waals surface area (Å²) in [5, 5.41) is 15.7. The van der Waals surface area contributed by atoms with Gasteiger partial charge in [0, 0.05) is 29.8 Å². The minimum absolute atomic E-state index is 0.0234. The minimum Gasteiger partial charge on any atom is -0.456 e. The number of carbonyl (C=O) groups excluding carboxylic acids is 3. The SMILES string of the molecule is CC(C)(C)NC(=O)COC(=O)CCNC(=O)c1ccc([N+](=O)[O-])cc1. The molecule has 0 aliphatic rings. The van der Waals surface area contributed by atoms with Crippen molar-refractivity contribution in [3.05, 3.63) is 39.9 Å².